The molecule has 1 aromatic heterocycles. The first kappa shape index (κ1) is 27.5. The van der Waals surface area contributed by atoms with Gasteiger partial charge in [0.2, 0.25) is 5.95 Å². The highest BCUT2D eigenvalue weighted by molar-refractivity contribution is 9.10. The molecule has 0 fully saturated rings. The van der Waals surface area contributed by atoms with Gasteiger partial charge in [0.05, 0.1) is 18.4 Å². The maximum atomic E-state index is 13.9. The number of benzene rings is 3. The Labute approximate surface area is 242 Å². The molecule has 3 aromatic carbocycles. The molecule has 2 heterocycles. The van der Waals surface area contributed by atoms with E-state index in [1.54, 1.807) is 23.9 Å². The van der Waals surface area contributed by atoms with E-state index in [0.29, 0.717) is 41.0 Å². The number of allylic oxidation sites excluding steroid dienone is 1. The van der Waals surface area contributed by atoms with Crippen molar-refractivity contribution in [1.82, 2.24) is 14.8 Å². The van der Waals surface area contributed by atoms with Crippen molar-refractivity contribution in [3.05, 3.63) is 105 Å². The second-order valence-corrected chi connectivity index (χ2v) is 11.6. The molecule has 2 N–H and O–H groups in total. The zero-order valence-corrected chi connectivity index (χ0v) is 24.7. The number of nitrogens with zero attached hydrogens (tertiary/aromatic N) is 3. The molecule has 9 heteroatoms. The van der Waals surface area contributed by atoms with Crippen LogP contribution >= 0.6 is 15.9 Å². The third kappa shape index (κ3) is 5.60. The van der Waals surface area contributed by atoms with Crippen LogP contribution in [0.15, 0.2) is 88.8 Å². The van der Waals surface area contributed by atoms with Crippen LogP contribution in [0.2, 0.25) is 0 Å². The predicted octanol–water partition coefficient (Wildman–Crippen LogP) is 6.85. The third-order valence-corrected chi connectivity index (χ3v) is 7.37. The molecule has 0 saturated carbocycles. The van der Waals surface area contributed by atoms with Crippen LogP contribution in [-0.2, 0) is 16.8 Å². The SMILES string of the molecule is COc1ccccc1NC(=O)C1=C(C)Nc2ncnn2C1c1cc(Br)ccc1OCc1ccc(C(C)(C)C)cc1. The van der Waals surface area contributed by atoms with Crippen LogP contribution in [0.5, 0.6) is 11.5 Å². The summed E-state index contributed by atoms with van der Waals surface area (Å²) in [4.78, 5) is 18.2. The summed E-state index contributed by atoms with van der Waals surface area (Å²) in [5, 5.41) is 10.7. The minimum absolute atomic E-state index is 0.0771. The van der Waals surface area contributed by atoms with Gasteiger partial charge in [0.15, 0.2) is 0 Å². The third-order valence-electron chi connectivity index (χ3n) is 6.87. The number of nitrogens with one attached hydrogen (secondary N) is 2. The highest BCUT2D eigenvalue weighted by Gasteiger charge is 2.35. The Bertz CT molecular complexity index is 1570. The molecule has 0 spiro atoms. The van der Waals surface area contributed by atoms with Gasteiger partial charge in [-0.3, -0.25) is 4.79 Å². The number of aromatic nitrogens is 3. The summed E-state index contributed by atoms with van der Waals surface area (Å²) < 4.78 is 14.4. The van der Waals surface area contributed by atoms with Crippen LogP contribution in [0.25, 0.3) is 0 Å². The molecule has 8 nitrogen and oxygen atoms in total. The van der Waals surface area contributed by atoms with Crippen LogP contribution in [0.1, 0.15) is 50.4 Å². The Hall–Kier alpha value is -4.11. The molecule has 1 atom stereocenters. The van der Waals surface area contributed by atoms with E-state index >= 15 is 0 Å². The van der Waals surface area contributed by atoms with E-state index in [1.165, 1.54) is 11.9 Å². The predicted molar refractivity (Wildman–Crippen MR) is 160 cm³/mol. The average molecular weight is 603 g/mol. The highest BCUT2D eigenvalue weighted by atomic mass is 79.9. The summed E-state index contributed by atoms with van der Waals surface area (Å²) >= 11 is 3.61. The van der Waals surface area contributed by atoms with Crippen molar-refractivity contribution in [1.29, 1.82) is 0 Å². The lowest BCUT2D eigenvalue weighted by Crippen LogP contribution is -2.32. The normalized spacial score (nSPS) is 14.8. The minimum Gasteiger partial charge on any atom is -0.495 e. The van der Waals surface area contributed by atoms with Crippen molar-refractivity contribution in [2.75, 3.05) is 17.7 Å². The van der Waals surface area contributed by atoms with Crippen LogP contribution in [0.4, 0.5) is 11.6 Å². The van der Waals surface area contributed by atoms with Crippen molar-refractivity contribution < 1.29 is 14.3 Å². The number of anilines is 2. The number of ether oxygens (including phenoxy) is 2. The quantitative estimate of drug-likeness (QED) is 0.241. The molecule has 1 amide bonds. The summed E-state index contributed by atoms with van der Waals surface area (Å²) in [5.41, 5.74) is 4.90. The monoisotopic (exact) mass is 601 g/mol. The van der Waals surface area contributed by atoms with E-state index in [2.05, 4.69) is 81.7 Å². The standard InChI is InChI=1S/C31H32BrN5O3/c1-19-27(29(38)36-24-8-6-7-9-26(24)39-5)28(37-30(35-19)33-18-34-37)23-16-22(32)14-15-25(23)40-17-20-10-12-21(13-11-20)31(2,3)4/h6-16,18,28H,17H2,1-5H3,(H,36,38)(H,33,34,35). The van der Waals surface area contributed by atoms with Crippen molar-refractivity contribution >= 4 is 33.5 Å². The smallest absolute Gasteiger partial charge is 0.255 e. The summed E-state index contributed by atoms with van der Waals surface area (Å²) in [6.45, 7) is 8.82. The first-order valence-corrected chi connectivity index (χ1v) is 13.8. The van der Waals surface area contributed by atoms with E-state index in [-0.39, 0.29) is 11.3 Å². The van der Waals surface area contributed by atoms with Gasteiger partial charge in [-0.2, -0.15) is 10.1 Å². The topological polar surface area (TPSA) is 90.3 Å². The Morgan fingerprint density at radius 2 is 1.82 bits per heavy atom. The van der Waals surface area contributed by atoms with E-state index in [0.717, 1.165) is 15.6 Å². The fraction of sp³-hybridized carbons (Fsp3) is 0.258. The number of para-hydroxylation sites is 2. The zero-order chi connectivity index (χ0) is 28.4. The molecule has 4 aromatic rings. The number of amides is 1. The Morgan fingerprint density at radius 3 is 2.55 bits per heavy atom. The lowest BCUT2D eigenvalue weighted by atomic mass is 9.87. The van der Waals surface area contributed by atoms with Crippen LogP contribution in [0, 0.1) is 0 Å². The summed E-state index contributed by atoms with van der Waals surface area (Å²) in [5.74, 6) is 1.47. The molecule has 40 heavy (non-hydrogen) atoms. The van der Waals surface area contributed by atoms with Crippen LogP contribution < -0.4 is 20.1 Å². The lowest BCUT2D eigenvalue weighted by Gasteiger charge is -2.30. The van der Waals surface area contributed by atoms with Gasteiger partial charge < -0.3 is 20.1 Å². The van der Waals surface area contributed by atoms with E-state index in [1.807, 2.05) is 37.3 Å². The van der Waals surface area contributed by atoms with Gasteiger partial charge in [-0.1, -0.05) is 73.1 Å². The Kier molecular flexibility index (Phi) is 7.67. The van der Waals surface area contributed by atoms with Crippen LogP contribution in [0.3, 0.4) is 0 Å². The van der Waals surface area contributed by atoms with Crippen LogP contribution in [-0.4, -0.2) is 27.8 Å². The summed E-state index contributed by atoms with van der Waals surface area (Å²) in [6.07, 6.45) is 1.47. The van der Waals surface area contributed by atoms with Crippen molar-refractivity contribution in [3.8, 4) is 11.5 Å². The molecule has 1 aliphatic rings. The van der Waals surface area contributed by atoms with E-state index in [9.17, 15) is 4.79 Å². The average Bonchev–Trinajstić information content (AvgIpc) is 3.39. The molecule has 206 valence electrons. The lowest BCUT2D eigenvalue weighted by molar-refractivity contribution is -0.113. The van der Waals surface area contributed by atoms with Gasteiger partial charge in [-0.15, -0.1) is 0 Å². The maximum Gasteiger partial charge on any atom is 0.255 e. The molecular weight excluding hydrogens is 570 g/mol. The highest BCUT2D eigenvalue weighted by Crippen LogP contribution is 2.41. The Morgan fingerprint density at radius 1 is 1.07 bits per heavy atom. The van der Waals surface area contributed by atoms with Gasteiger partial charge in [-0.05, 0) is 53.8 Å². The van der Waals surface area contributed by atoms with Gasteiger partial charge in [0.25, 0.3) is 5.91 Å². The van der Waals surface area contributed by atoms with Gasteiger partial charge in [-0.25, -0.2) is 4.68 Å². The number of carbonyl (C=O) groups excluding carboxylic acids is 1. The van der Waals surface area contributed by atoms with E-state index < -0.39 is 6.04 Å². The fourth-order valence-electron chi connectivity index (χ4n) is 4.74. The molecule has 0 aliphatic carbocycles. The number of rotatable bonds is 7. The maximum absolute atomic E-state index is 13.9. The van der Waals surface area contributed by atoms with Gasteiger partial charge >= 0.3 is 0 Å². The Balaban J connectivity index is 1.51. The minimum atomic E-state index is -0.593. The number of methoxy groups -OCH3 is 1. The van der Waals surface area contributed by atoms with Gasteiger partial charge in [0.1, 0.15) is 30.5 Å². The number of fused-ring (bicyclic) bond motifs is 1. The molecule has 1 aliphatic heterocycles. The zero-order valence-electron chi connectivity index (χ0n) is 23.2. The molecule has 5 rings (SSSR count). The van der Waals surface area contributed by atoms with E-state index in [4.69, 9.17) is 9.47 Å². The van der Waals surface area contributed by atoms with Crippen molar-refractivity contribution in [2.24, 2.45) is 0 Å². The summed E-state index contributed by atoms with van der Waals surface area (Å²) in [7, 11) is 1.57. The first-order chi connectivity index (χ1) is 19.2. The molecule has 0 radical (unpaired) electrons. The summed E-state index contributed by atoms with van der Waals surface area (Å²) in [6, 6.07) is 21.0. The second-order valence-electron chi connectivity index (χ2n) is 10.7. The largest absolute Gasteiger partial charge is 0.495 e. The molecule has 1 unspecified atom stereocenters. The molecule has 0 saturated heterocycles. The van der Waals surface area contributed by atoms with Gasteiger partial charge in [0, 0.05) is 15.7 Å². The molecular formula is C31H32BrN5O3. The number of halogens is 1. The first-order valence-electron chi connectivity index (χ1n) is 13.0. The van der Waals surface area contributed by atoms with Crippen molar-refractivity contribution in [2.45, 2.75) is 45.8 Å². The molecule has 0 bridgehead atoms. The number of hydrogen-bond donors (Lipinski definition) is 2. The second kappa shape index (κ2) is 11.2. The number of hydrogen-bond acceptors (Lipinski definition) is 6. The number of carbonyl (C=O) groups is 1. The fourth-order valence-corrected chi connectivity index (χ4v) is 5.12. The van der Waals surface area contributed by atoms with Crippen molar-refractivity contribution in [3.63, 3.8) is 0 Å².